The van der Waals surface area contributed by atoms with Gasteiger partial charge in [0.25, 0.3) is 11.6 Å². The van der Waals surface area contributed by atoms with Crippen molar-refractivity contribution in [3.63, 3.8) is 0 Å². The van der Waals surface area contributed by atoms with E-state index in [9.17, 15) is 14.9 Å². The lowest BCUT2D eigenvalue weighted by molar-refractivity contribution is -0.384. The Labute approximate surface area is 134 Å². The average Bonchev–Trinajstić information content (AvgIpc) is 2.53. The highest BCUT2D eigenvalue weighted by Gasteiger charge is 2.36. The van der Waals surface area contributed by atoms with Gasteiger partial charge in [0.1, 0.15) is 0 Å². The number of fused-ring (bicyclic) bond motifs is 1. The van der Waals surface area contributed by atoms with E-state index in [1.165, 1.54) is 43.9 Å². The first-order chi connectivity index (χ1) is 10.6. The molecule has 2 atom stereocenters. The van der Waals surface area contributed by atoms with Crippen molar-refractivity contribution in [2.24, 2.45) is 5.92 Å². The summed E-state index contributed by atoms with van der Waals surface area (Å²) in [4.78, 5) is 25.0. The summed E-state index contributed by atoms with van der Waals surface area (Å²) in [6, 6.07) is 4.40. The van der Waals surface area contributed by atoms with Crippen molar-refractivity contribution < 1.29 is 9.72 Å². The van der Waals surface area contributed by atoms with Crippen molar-refractivity contribution in [1.29, 1.82) is 0 Å². The molecular formula is C16H19ClN2O3. The van der Waals surface area contributed by atoms with E-state index in [0.717, 1.165) is 19.4 Å². The Morgan fingerprint density at radius 3 is 2.68 bits per heavy atom. The minimum absolute atomic E-state index is 0.0866. The zero-order valence-corrected chi connectivity index (χ0v) is 13.1. The van der Waals surface area contributed by atoms with Crippen molar-refractivity contribution in [3.8, 4) is 0 Å². The zero-order chi connectivity index (χ0) is 15.7. The minimum Gasteiger partial charge on any atom is -0.335 e. The lowest BCUT2D eigenvalue weighted by Gasteiger charge is -2.44. The summed E-state index contributed by atoms with van der Waals surface area (Å²) < 4.78 is 0. The largest absolute Gasteiger partial charge is 0.335 e. The standard InChI is InChI=1S/C16H19ClN2O3/c17-14-10-12(19(21)22)7-8-13(14)16(20)18-9-3-5-11-4-1-2-6-15(11)18/h7-8,10-11,15H,1-6,9H2. The quantitative estimate of drug-likeness (QED) is 0.609. The van der Waals surface area contributed by atoms with E-state index < -0.39 is 4.92 Å². The van der Waals surface area contributed by atoms with Gasteiger partial charge < -0.3 is 4.90 Å². The van der Waals surface area contributed by atoms with Crippen molar-refractivity contribution in [1.82, 2.24) is 4.90 Å². The summed E-state index contributed by atoms with van der Waals surface area (Å²) >= 11 is 6.11. The monoisotopic (exact) mass is 322 g/mol. The first-order valence-corrected chi connectivity index (χ1v) is 8.20. The summed E-state index contributed by atoms with van der Waals surface area (Å²) in [5.74, 6) is 0.514. The Hall–Kier alpha value is -1.62. The second-order valence-electron chi connectivity index (χ2n) is 6.17. The molecule has 0 bridgehead atoms. The molecule has 2 aliphatic rings. The van der Waals surface area contributed by atoms with Crippen LogP contribution in [-0.4, -0.2) is 28.3 Å². The third kappa shape index (κ3) is 2.82. The van der Waals surface area contributed by atoms with Crippen LogP contribution in [0.3, 0.4) is 0 Å². The molecule has 0 aromatic heterocycles. The number of amides is 1. The van der Waals surface area contributed by atoms with Gasteiger partial charge in [-0.15, -0.1) is 0 Å². The fourth-order valence-electron chi connectivity index (χ4n) is 3.82. The van der Waals surface area contributed by atoms with E-state index >= 15 is 0 Å². The van der Waals surface area contributed by atoms with E-state index in [1.54, 1.807) is 0 Å². The Bertz CT molecular complexity index is 603. The predicted molar refractivity (Wildman–Crippen MR) is 84.1 cm³/mol. The molecule has 6 heteroatoms. The minimum atomic E-state index is -0.502. The van der Waals surface area contributed by atoms with Crippen molar-refractivity contribution in [3.05, 3.63) is 38.9 Å². The first kappa shape index (κ1) is 15.3. The maximum atomic E-state index is 12.8. The molecule has 1 aliphatic carbocycles. The maximum absolute atomic E-state index is 12.8. The van der Waals surface area contributed by atoms with Gasteiger partial charge >= 0.3 is 0 Å². The second-order valence-corrected chi connectivity index (χ2v) is 6.58. The molecule has 0 N–H and O–H groups in total. The number of carbonyl (C=O) groups excluding carboxylic acids is 1. The van der Waals surface area contributed by atoms with Crippen LogP contribution in [0.2, 0.25) is 5.02 Å². The van der Waals surface area contributed by atoms with Crippen LogP contribution < -0.4 is 0 Å². The van der Waals surface area contributed by atoms with Crippen LogP contribution in [0.1, 0.15) is 48.9 Å². The summed E-state index contributed by atoms with van der Waals surface area (Å²) in [5.41, 5.74) is 0.286. The lowest BCUT2D eigenvalue weighted by atomic mass is 9.78. The molecule has 1 heterocycles. The van der Waals surface area contributed by atoms with Gasteiger partial charge in [0, 0.05) is 24.7 Å². The summed E-state index contributed by atoms with van der Waals surface area (Å²) in [6.07, 6.45) is 6.89. The van der Waals surface area contributed by atoms with Gasteiger partial charge in [0.05, 0.1) is 15.5 Å². The van der Waals surface area contributed by atoms with Gasteiger partial charge in [-0.3, -0.25) is 14.9 Å². The molecule has 1 amide bonds. The highest BCUT2D eigenvalue weighted by atomic mass is 35.5. The molecule has 118 valence electrons. The Morgan fingerprint density at radius 2 is 1.95 bits per heavy atom. The van der Waals surface area contributed by atoms with Crippen LogP contribution in [0.5, 0.6) is 0 Å². The van der Waals surface area contributed by atoms with Gasteiger partial charge in [-0.05, 0) is 37.7 Å². The number of non-ortho nitro benzene ring substituents is 1. The molecule has 3 rings (SSSR count). The van der Waals surface area contributed by atoms with E-state index in [-0.39, 0.29) is 16.6 Å². The number of rotatable bonds is 2. The van der Waals surface area contributed by atoms with Gasteiger partial charge in [0.15, 0.2) is 0 Å². The third-order valence-corrected chi connectivity index (χ3v) is 5.21. The normalized spacial score (nSPS) is 24.7. The van der Waals surface area contributed by atoms with E-state index in [4.69, 9.17) is 11.6 Å². The topological polar surface area (TPSA) is 63.4 Å². The molecule has 1 aromatic carbocycles. The molecule has 0 radical (unpaired) electrons. The fourth-order valence-corrected chi connectivity index (χ4v) is 4.08. The van der Waals surface area contributed by atoms with E-state index in [2.05, 4.69) is 0 Å². The SMILES string of the molecule is O=C(c1ccc([N+](=O)[O-])cc1Cl)N1CCCC2CCCCC21. The zero-order valence-electron chi connectivity index (χ0n) is 12.3. The summed E-state index contributed by atoms with van der Waals surface area (Å²) in [6.45, 7) is 0.757. The molecule has 2 fully saturated rings. The number of nitro benzene ring substituents is 1. The number of benzene rings is 1. The van der Waals surface area contributed by atoms with Crippen molar-refractivity contribution >= 4 is 23.2 Å². The Morgan fingerprint density at radius 1 is 1.23 bits per heavy atom. The van der Waals surface area contributed by atoms with E-state index in [1.807, 2.05) is 4.90 Å². The van der Waals surface area contributed by atoms with Gasteiger partial charge in [-0.1, -0.05) is 24.4 Å². The van der Waals surface area contributed by atoms with E-state index in [0.29, 0.717) is 17.5 Å². The molecule has 1 saturated carbocycles. The number of hydrogen-bond donors (Lipinski definition) is 0. The molecule has 0 spiro atoms. The molecule has 1 aliphatic heterocycles. The van der Waals surface area contributed by atoms with Gasteiger partial charge in [-0.2, -0.15) is 0 Å². The maximum Gasteiger partial charge on any atom is 0.270 e. The van der Waals surface area contributed by atoms with Crippen LogP contribution in [0.25, 0.3) is 0 Å². The predicted octanol–water partition coefficient (Wildman–Crippen LogP) is 4.04. The van der Waals surface area contributed by atoms with Crippen LogP contribution in [0.15, 0.2) is 18.2 Å². The molecule has 2 unspecified atom stereocenters. The lowest BCUT2D eigenvalue weighted by Crippen LogP contribution is -2.49. The van der Waals surface area contributed by atoms with Crippen LogP contribution in [-0.2, 0) is 0 Å². The molecule has 1 saturated heterocycles. The molecule has 5 nitrogen and oxygen atoms in total. The van der Waals surface area contributed by atoms with Crippen molar-refractivity contribution in [2.45, 2.75) is 44.6 Å². The third-order valence-electron chi connectivity index (χ3n) is 4.90. The highest BCUT2D eigenvalue weighted by molar-refractivity contribution is 6.34. The van der Waals surface area contributed by atoms with Gasteiger partial charge in [0.2, 0.25) is 0 Å². The molecule has 1 aromatic rings. The van der Waals surface area contributed by atoms with Crippen LogP contribution >= 0.6 is 11.6 Å². The second kappa shape index (κ2) is 6.24. The number of halogens is 1. The summed E-state index contributed by atoms with van der Waals surface area (Å²) in [7, 11) is 0. The fraction of sp³-hybridized carbons (Fsp3) is 0.562. The number of nitro groups is 1. The highest BCUT2D eigenvalue weighted by Crippen LogP contribution is 2.36. The number of carbonyl (C=O) groups is 1. The first-order valence-electron chi connectivity index (χ1n) is 7.83. The van der Waals surface area contributed by atoms with Crippen molar-refractivity contribution in [2.75, 3.05) is 6.54 Å². The number of likely N-dealkylation sites (tertiary alicyclic amines) is 1. The number of piperidine rings is 1. The Kier molecular flexibility index (Phi) is 4.34. The van der Waals surface area contributed by atoms with Crippen LogP contribution in [0.4, 0.5) is 5.69 Å². The molecular weight excluding hydrogens is 304 g/mol. The smallest absolute Gasteiger partial charge is 0.270 e. The van der Waals surface area contributed by atoms with Gasteiger partial charge in [-0.25, -0.2) is 0 Å². The average molecular weight is 323 g/mol. The Balaban J connectivity index is 1.85. The number of nitrogens with zero attached hydrogens (tertiary/aromatic N) is 2. The number of hydrogen-bond acceptors (Lipinski definition) is 3. The summed E-state index contributed by atoms with van der Waals surface area (Å²) in [5, 5.41) is 10.9. The van der Waals surface area contributed by atoms with Crippen LogP contribution in [0, 0.1) is 16.0 Å². The molecule has 22 heavy (non-hydrogen) atoms.